The molecule has 1 unspecified atom stereocenters. The summed E-state index contributed by atoms with van der Waals surface area (Å²) in [5.41, 5.74) is 6.55. The van der Waals surface area contributed by atoms with Crippen LogP contribution in [0.2, 0.25) is 5.02 Å². The van der Waals surface area contributed by atoms with Gasteiger partial charge >= 0.3 is 0 Å². The van der Waals surface area contributed by atoms with Crippen LogP contribution in [0.15, 0.2) is 18.2 Å². The number of benzene rings is 1. The summed E-state index contributed by atoms with van der Waals surface area (Å²) < 4.78 is 6.45. The van der Waals surface area contributed by atoms with E-state index in [1.54, 1.807) is 12.1 Å². The summed E-state index contributed by atoms with van der Waals surface area (Å²) in [6.07, 6.45) is 2.19. The molecule has 1 aliphatic heterocycles. The number of anilines is 1. The Labute approximate surface area is 125 Å². The summed E-state index contributed by atoms with van der Waals surface area (Å²) in [6.45, 7) is 1.32. The van der Waals surface area contributed by atoms with Gasteiger partial charge in [0.1, 0.15) is 4.88 Å². The molecule has 20 heavy (non-hydrogen) atoms. The molecule has 1 aliphatic rings. The van der Waals surface area contributed by atoms with Gasteiger partial charge in [0.05, 0.1) is 11.8 Å². The molecule has 1 saturated heterocycles. The number of thiophene rings is 1. The van der Waals surface area contributed by atoms with Crippen molar-refractivity contribution in [2.75, 3.05) is 18.9 Å². The molecule has 106 valence electrons. The molecule has 6 heteroatoms. The molecular formula is C14H15ClN2O2S. The zero-order valence-electron chi connectivity index (χ0n) is 10.8. The highest BCUT2D eigenvalue weighted by Gasteiger charge is 2.20. The van der Waals surface area contributed by atoms with Crippen LogP contribution in [-0.4, -0.2) is 25.2 Å². The largest absolute Gasteiger partial charge is 0.397 e. The van der Waals surface area contributed by atoms with Gasteiger partial charge < -0.3 is 15.8 Å². The van der Waals surface area contributed by atoms with Crippen LogP contribution in [0.4, 0.5) is 5.69 Å². The van der Waals surface area contributed by atoms with Crippen LogP contribution in [-0.2, 0) is 4.74 Å². The Kier molecular flexibility index (Phi) is 3.83. The lowest BCUT2D eigenvalue weighted by atomic mass is 10.2. The number of hydrogen-bond acceptors (Lipinski definition) is 4. The Hall–Kier alpha value is -1.30. The zero-order valence-corrected chi connectivity index (χ0v) is 12.4. The molecule has 3 N–H and O–H groups in total. The Morgan fingerprint density at radius 2 is 2.40 bits per heavy atom. The van der Waals surface area contributed by atoms with E-state index < -0.39 is 0 Å². The van der Waals surface area contributed by atoms with Crippen molar-refractivity contribution in [3.05, 3.63) is 28.1 Å². The summed E-state index contributed by atoms with van der Waals surface area (Å²) in [4.78, 5) is 12.7. The number of nitrogens with one attached hydrogen (secondary N) is 1. The van der Waals surface area contributed by atoms with E-state index in [-0.39, 0.29) is 12.0 Å². The first-order chi connectivity index (χ1) is 9.65. The van der Waals surface area contributed by atoms with Crippen LogP contribution >= 0.6 is 22.9 Å². The van der Waals surface area contributed by atoms with Crippen LogP contribution in [0.5, 0.6) is 0 Å². The van der Waals surface area contributed by atoms with Crippen molar-refractivity contribution in [2.24, 2.45) is 0 Å². The molecule has 0 bridgehead atoms. The Morgan fingerprint density at radius 3 is 3.15 bits per heavy atom. The highest BCUT2D eigenvalue weighted by molar-refractivity contribution is 7.21. The summed E-state index contributed by atoms with van der Waals surface area (Å²) in [6, 6.07) is 5.48. The molecule has 1 fully saturated rings. The van der Waals surface area contributed by atoms with Crippen LogP contribution in [0.1, 0.15) is 22.5 Å². The molecule has 2 heterocycles. The van der Waals surface area contributed by atoms with E-state index in [1.807, 2.05) is 6.07 Å². The number of carbonyl (C=O) groups excluding carboxylic acids is 1. The van der Waals surface area contributed by atoms with Crippen LogP contribution in [0.3, 0.4) is 0 Å². The maximum absolute atomic E-state index is 12.2. The third-order valence-electron chi connectivity index (χ3n) is 3.41. The molecule has 0 aliphatic carbocycles. The summed E-state index contributed by atoms with van der Waals surface area (Å²) in [7, 11) is 0. The van der Waals surface area contributed by atoms with Crippen molar-refractivity contribution in [3.63, 3.8) is 0 Å². The van der Waals surface area contributed by atoms with Gasteiger partial charge in [-0.25, -0.2) is 0 Å². The number of amides is 1. The predicted molar refractivity (Wildman–Crippen MR) is 82.6 cm³/mol. The number of halogens is 1. The zero-order chi connectivity index (χ0) is 14.1. The predicted octanol–water partition coefficient (Wildman–Crippen LogP) is 3.05. The molecular weight excluding hydrogens is 296 g/mol. The number of nitrogens with two attached hydrogens (primary N) is 1. The van der Waals surface area contributed by atoms with Gasteiger partial charge in [0.25, 0.3) is 5.91 Å². The molecule has 0 spiro atoms. The molecule has 0 radical (unpaired) electrons. The molecule has 2 aromatic rings. The van der Waals surface area contributed by atoms with E-state index in [9.17, 15) is 4.79 Å². The Bertz CT molecular complexity index is 650. The number of fused-ring (bicyclic) bond motifs is 1. The maximum Gasteiger partial charge on any atom is 0.263 e. The van der Waals surface area contributed by atoms with Gasteiger partial charge in [0, 0.05) is 28.3 Å². The minimum atomic E-state index is -0.143. The summed E-state index contributed by atoms with van der Waals surface area (Å²) in [5.74, 6) is -0.143. The second-order valence-electron chi connectivity index (χ2n) is 4.83. The van der Waals surface area contributed by atoms with E-state index in [0.717, 1.165) is 29.5 Å². The first kappa shape index (κ1) is 13.7. The third kappa shape index (κ3) is 2.61. The van der Waals surface area contributed by atoms with Crippen molar-refractivity contribution in [1.82, 2.24) is 5.32 Å². The first-order valence-electron chi connectivity index (χ1n) is 6.52. The van der Waals surface area contributed by atoms with E-state index in [4.69, 9.17) is 22.1 Å². The van der Waals surface area contributed by atoms with Gasteiger partial charge in [-0.15, -0.1) is 11.3 Å². The van der Waals surface area contributed by atoms with Crippen molar-refractivity contribution < 1.29 is 9.53 Å². The fourth-order valence-corrected chi connectivity index (χ4v) is 3.54. The molecule has 1 atom stereocenters. The lowest BCUT2D eigenvalue weighted by Gasteiger charge is -2.10. The number of carbonyl (C=O) groups is 1. The van der Waals surface area contributed by atoms with Crippen molar-refractivity contribution in [3.8, 4) is 0 Å². The third-order valence-corrected chi connectivity index (χ3v) is 4.83. The van der Waals surface area contributed by atoms with Crippen LogP contribution in [0.25, 0.3) is 10.1 Å². The standard InChI is InChI=1S/C14H15ClN2O2S/c15-8-3-4-11-10(6-8)12(16)13(20-11)14(18)17-7-9-2-1-5-19-9/h3-4,6,9H,1-2,5,7,16H2,(H,17,18). The lowest BCUT2D eigenvalue weighted by molar-refractivity contribution is 0.0862. The van der Waals surface area contributed by atoms with Crippen molar-refractivity contribution in [2.45, 2.75) is 18.9 Å². The van der Waals surface area contributed by atoms with Gasteiger partial charge in [-0.3, -0.25) is 4.79 Å². The molecule has 3 rings (SSSR count). The second-order valence-corrected chi connectivity index (χ2v) is 6.32. The lowest BCUT2D eigenvalue weighted by Crippen LogP contribution is -2.31. The minimum Gasteiger partial charge on any atom is -0.397 e. The molecule has 1 amide bonds. The average molecular weight is 311 g/mol. The topological polar surface area (TPSA) is 64.4 Å². The quantitative estimate of drug-likeness (QED) is 0.916. The molecule has 1 aromatic heterocycles. The SMILES string of the molecule is Nc1c(C(=O)NCC2CCCO2)sc2ccc(Cl)cc12. The van der Waals surface area contributed by atoms with Crippen molar-refractivity contribution >= 4 is 44.6 Å². The van der Waals surface area contributed by atoms with E-state index in [0.29, 0.717) is 22.1 Å². The second kappa shape index (κ2) is 5.60. The van der Waals surface area contributed by atoms with Gasteiger partial charge in [0.15, 0.2) is 0 Å². The smallest absolute Gasteiger partial charge is 0.263 e. The normalized spacial score (nSPS) is 18.6. The molecule has 4 nitrogen and oxygen atoms in total. The van der Waals surface area contributed by atoms with E-state index in [1.165, 1.54) is 11.3 Å². The summed E-state index contributed by atoms with van der Waals surface area (Å²) in [5, 5.41) is 4.35. The van der Waals surface area contributed by atoms with Gasteiger partial charge in [-0.1, -0.05) is 11.6 Å². The number of rotatable bonds is 3. The molecule has 1 aromatic carbocycles. The first-order valence-corrected chi connectivity index (χ1v) is 7.72. The highest BCUT2D eigenvalue weighted by Crippen LogP contribution is 2.35. The van der Waals surface area contributed by atoms with Crippen LogP contribution in [0, 0.1) is 0 Å². The average Bonchev–Trinajstić information content (AvgIpc) is 3.05. The van der Waals surface area contributed by atoms with Gasteiger partial charge in [0.2, 0.25) is 0 Å². The van der Waals surface area contributed by atoms with Crippen LogP contribution < -0.4 is 11.1 Å². The minimum absolute atomic E-state index is 0.129. The highest BCUT2D eigenvalue weighted by atomic mass is 35.5. The van der Waals surface area contributed by atoms with Gasteiger partial charge in [-0.05, 0) is 31.0 Å². The monoisotopic (exact) mass is 310 g/mol. The van der Waals surface area contributed by atoms with E-state index in [2.05, 4.69) is 5.32 Å². The van der Waals surface area contributed by atoms with Gasteiger partial charge in [-0.2, -0.15) is 0 Å². The fourth-order valence-electron chi connectivity index (χ4n) is 2.35. The Morgan fingerprint density at radius 1 is 1.55 bits per heavy atom. The number of hydrogen-bond donors (Lipinski definition) is 2. The maximum atomic E-state index is 12.2. The fraction of sp³-hybridized carbons (Fsp3) is 0.357. The molecule has 0 saturated carbocycles. The number of ether oxygens (including phenoxy) is 1. The van der Waals surface area contributed by atoms with Crippen molar-refractivity contribution in [1.29, 1.82) is 0 Å². The summed E-state index contributed by atoms with van der Waals surface area (Å²) >= 11 is 7.35. The number of nitrogen functional groups attached to an aromatic ring is 1. The van der Waals surface area contributed by atoms with E-state index >= 15 is 0 Å². The Balaban J connectivity index is 1.78.